The number of carboxylic acids is 1. The van der Waals surface area contributed by atoms with Crippen LogP contribution in [0, 0.1) is 0 Å². The van der Waals surface area contributed by atoms with Gasteiger partial charge in [-0.1, -0.05) is 6.92 Å². The van der Waals surface area contributed by atoms with E-state index in [1.54, 1.807) is 35.0 Å². The predicted molar refractivity (Wildman–Crippen MR) is 104 cm³/mol. The maximum Gasteiger partial charge on any atom is 0.471 e. The molecule has 0 saturated carbocycles. The highest BCUT2D eigenvalue weighted by Gasteiger charge is 2.48. The molecule has 154 valence electrons. The first kappa shape index (κ1) is 22.7. The van der Waals surface area contributed by atoms with Gasteiger partial charge in [0, 0.05) is 0 Å². The Kier molecular flexibility index (Phi) is 7.49. The molecule has 0 bridgehead atoms. The van der Waals surface area contributed by atoms with E-state index in [9.17, 15) is 27.9 Å². The molecule has 0 aliphatic rings. The summed E-state index contributed by atoms with van der Waals surface area (Å²) in [5.41, 5.74) is 0. The molecule has 1 atom stereocenters. The van der Waals surface area contributed by atoms with Gasteiger partial charge in [0.25, 0.3) is 0 Å². The zero-order chi connectivity index (χ0) is 20.9. The molecule has 0 radical (unpaired) electrons. The van der Waals surface area contributed by atoms with Crippen LogP contribution in [-0.4, -0.2) is 40.4 Å². The third-order valence-electron chi connectivity index (χ3n) is 3.33. The summed E-state index contributed by atoms with van der Waals surface area (Å²) in [6.45, 7) is -2.23. The van der Waals surface area contributed by atoms with Crippen molar-refractivity contribution < 1.29 is 36.9 Å². The van der Waals surface area contributed by atoms with Crippen molar-refractivity contribution in [1.29, 1.82) is 0 Å². The van der Waals surface area contributed by atoms with Crippen molar-refractivity contribution in [2.75, 3.05) is 6.29 Å². The van der Waals surface area contributed by atoms with Gasteiger partial charge in [0.1, 0.15) is 12.3 Å². The Morgan fingerprint density at radius 2 is 1.71 bits per heavy atom. The van der Waals surface area contributed by atoms with Crippen LogP contribution in [0.1, 0.15) is 13.3 Å². The van der Waals surface area contributed by atoms with Gasteiger partial charge in [0.2, 0.25) is 0 Å². The molecule has 1 amide bonds. The lowest BCUT2D eigenvalue weighted by Gasteiger charge is -2.33. The van der Waals surface area contributed by atoms with Gasteiger partial charge in [-0.05, 0) is 53.3 Å². The molecular formula is C15H15F3NO5PS3. The Hall–Kier alpha value is -1.62. The molecule has 0 aliphatic heterocycles. The number of thiophene rings is 2. The first-order valence-corrected chi connectivity index (χ1v) is 12.3. The second kappa shape index (κ2) is 9.25. The summed E-state index contributed by atoms with van der Waals surface area (Å²) in [4.78, 5) is 23.6. The maximum absolute atomic E-state index is 13.1. The standard InChI is InChI=1S/C15H15F3NO5PS3/c1-2-10(13(20)21)19(14(22)15(16,17)18)9-25(26,23-11-5-3-7-27-11)24-12-6-4-8-28-12/h3-8,10H,2,9H2,1H3,(H,20,21). The minimum Gasteiger partial charge on any atom is -0.480 e. The number of aliphatic carboxylic acids is 1. The van der Waals surface area contributed by atoms with E-state index in [4.69, 9.17) is 20.9 Å². The highest BCUT2D eigenvalue weighted by Crippen LogP contribution is 2.52. The fraction of sp³-hybridized carbons (Fsp3) is 0.333. The lowest BCUT2D eigenvalue weighted by molar-refractivity contribution is -0.188. The largest absolute Gasteiger partial charge is 0.480 e. The monoisotopic (exact) mass is 473 g/mol. The predicted octanol–water partition coefficient (Wildman–Crippen LogP) is 4.79. The second-order valence-electron chi connectivity index (χ2n) is 5.33. The highest BCUT2D eigenvalue weighted by molar-refractivity contribution is 8.10. The average Bonchev–Trinajstić information content (AvgIpc) is 3.26. The van der Waals surface area contributed by atoms with Crippen LogP contribution >= 0.6 is 29.2 Å². The van der Waals surface area contributed by atoms with Gasteiger partial charge in [-0.15, -0.1) is 22.7 Å². The third-order valence-corrected chi connectivity index (χ3v) is 7.46. The molecule has 2 aromatic rings. The Balaban J connectivity index is 2.41. The molecule has 2 heterocycles. The summed E-state index contributed by atoms with van der Waals surface area (Å²) >= 11 is 7.68. The first-order valence-electron chi connectivity index (χ1n) is 7.71. The summed E-state index contributed by atoms with van der Waals surface area (Å²) < 4.78 is 50.6. The maximum atomic E-state index is 13.1. The van der Waals surface area contributed by atoms with Crippen LogP contribution in [0.25, 0.3) is 0 Å². The van der Waals surface area contributed by atoms with Gasteiger partial charge >= 0.3 is 24.5 Å². The Morgan fingerprint density at radius 1 is 1.21 bits per heavy atom. The number of hydrogen-bond donors (Lipinski definition) is 1. The topological polar surface area (TPSA) is 76.1 Å². The molecule has 6 nitrogen and oxygen atoms in total. The molecule has 13 heteroatoms. The van der Waals surface area contributed by atoms with Crippen LogP contribution < -0.4 is 9.05 Å². The molecule has 0 saturated heterocycles. The number of hydrogen-bond acceptors (Lipinski definition) is 7. The summed E-state index contributed by atoms with van der Waals surface area (Å²) in [6, 6.07) is 4.67. The number of halogens is 3. The van der Waals surface area contributed by atoms with Crippen LogP contribution in [0.15, 0.2) is 35.0 Å². The Labute approximate surface area is 171 Å². The molecule has 0 aliphatic carbocycles. The fourth-order valence-electron chi connectivity index (χ4n) is 2.16. The lowest BCUT2D eigenvalue weighted by Crippen LogP contribution is -2.50. The molecule has 28 heavy (non-hydrogen) atoms. The zero-order valence-electron chi connectivity index (χ0n) is 14.3. The van der Waals surface area contributed by atoms with E-state index in [1.165, 1.54) is 6.92 Å². The van der Waals surface area contributed by atoms with Gasteiger partial charge in [-0.3, -0.25) is 4.79 Å². The SMILES string of the molecule is CCC(C(=O)O)N(CP(=S)(Oc1cccs1)Oc1cccs1)C(=O)C(F)(F)F. The van der Waals surface area contributed by atoms with Crippen LogP contribution in [0.3, 0.4) is 0 Å². The lowest BCUT2D eigenvalue weighted by atomic mass is 10.2. The van der Waals surface area contributed by atoms with Crippen molar-refractivity contribution in [2.45, 2.75) is 25.6 Å². The van der Waals surface area contributed by atoms with E-state index in [-0.39, 0.29) is 11.3 Å². The summed E-state index contributed by atoms with van der Waals surface area (Å²) in [7, 11) is 0. The van der Waals surface area contributed by atoms with E-state index in [1.807, 2.05) is 0 Å². The number of carbonyl (C=O) groups excluding carboxylic acids is 1. The number of carbonyl (C=O) groups is 2. The minimum atomic E-state index is -5.27. The van der Waals surface area contributed by atoms with Crippen molar-refractivity contribution in [1.82, 2.24) is 4.90 Å². The van der Waals surface area contributed by atoms with Crippen LogP contribution in [0.2, 0.25) is 0 Å². The molecule has 1 N–H and O–H groups in total. The minimum absolute atomic E-state index is 0.185. The van der Waals surface area contributed by atoms with Gasteiger partial charge < -0.3 is 19.1 Å². The van der Waals surface area contributed by atoms with E-state index < -0.39 is 36.9 Å². The summed E-state index contributed by atoms with van der Waals surface area (Å²) in [5.74, 6) is -3.88. The zero-order valence-corrected chi connectivity index (χ0v) is 17.6. The van der Waals surface area contributed by atoms with E-state index in [0.717, 1.165) is 22.7 Å². The summed E-state index contributed by atoms with van der Waals surface area (Å²) in [5, 5.41) is 13.2. The van der Waals surface area contributed by atoms with Crippen molar-refractivity contribution in [3.63, 3.8) is 0 Å². The fourth-order valence-corrected chi connectivity index (χ4v) is 6.79. The van der Waals surface area contributed by atoms with Crippen molar-refractivity contribution in [3.8, 4) is 10.1 Å². The smallest absolute Gasteiger partial charge is 0.471 e. The molecule has 0 aromatic carbocycles. The van der Waals surface area contributed by atoms with E-state index >= 15 is 0 Å². The molecule has 2 rings (SSSR count). The third kappa shape index (κ3) is 5.94. The van der Waals surface area contributed by atoms with E-state index in [0.29, 0.717) is 10.1 Å². The number of nitrogens with zero attached hydrogens (tertiary/aromatic N) is 1. The van der Waals surface area contributed by atoms with Gasteiger partial charge in [0.05, 0.1) is 0 Å². The molecular weight excluding hydrogens is 458 g/mol. The second-order valence-corrected chi connectivity index (χ2v) is 10.7. The summed E-state index contributed by atoms with van der Waals surface area (Å²) in [6.07, 6.45) is -6.33. The molecule has 0 spiro atoms. The number of amides is 1. The van der Waals surface area contributed by atoms with Crippen molar-refractivity contribution >= 4 is 52.8 Å². The quantitative estimate of drug-likeness (QED) is 0.528. The van der Waals surface area contributed by atoms with Crippen molar-refractivity contribution in [2.24, 2.45) is 0 Å². The van der Waals surface area contributed by atoms with Gasteiger partial charge in [-0.2, -0.15) is 13.2 Å². The normalized spacial score (nSPS) is 13.0. The first-order chi connectivity index (χ1) is 13.1. The molecule has 2 aromatic heterocycles. The number of alkyl halides is 3. The Bertz CT molecular complexity index is 801. The van der Waals surface area contributed by atoms with Gasteiger partial charge in [-0.25, -0.2) is 4.79 Å². The van der Waals surface area contributed by atoms with Gasteiger partial charge in [0.15, 0.2) is 10.1 Å². The van der Waals surface area contributed by atoms with E-state index in [2.05, 4.69) is 0 Å². The number of rotatable bonds is 9. The molecule has 0 fully saturated rings. The van der Waals surface area contributed by atoms with Crippen LogP contribution in [-0.2, 0) is 21.4 Å². The Morgan fingerprint density at radius 3 is 2.04 bits per heavy atom. The van der Waals surface area contributed by atoms with Crippen LogP contribution in [0.4, 0.5) is 13.2 Å². The highest BCUT2D eigenvalue weighted by atomic mass is 32.5. The average molecular weight is 473 g/mol. The number of carboxylic acid groups (broad SMARTS) is 1. The van der Waals surface area contributed by atoms with Crippen LogP contribution in [0.5, 0.6) is 10.1 Å². The van der Waals surface area contributed by atoms with Crippen molar-refractivity contribution in [3.05, 3.63) is 35.0 Å². The molecule has 1 unspecified atom stereocenters.